The first kappa shape index (κ1) is 12.7. The zero-order chi connectivity index (χ0) is 14.4. The van der Waals surface area contributed by atoms with Crippen LogP contribution in [0.25, 0.3) is 31.4 Å². The van der Waals surface area contributed by atoms with E-state index >= 15 is 0 Å². The lowest BCUT2D eigenvalue weighted by atomic mass is 10.0. The van der Waals surface area contributed by atoms with Gasteiger partial charge in [-0.3, -0.25) is 0 Å². The maximum absolute atomic E-state index is 13.9. The van der Waals surface area contributed by atoms with Gasteiger partial charge in [0, 0.05) is 10.3 Å². The fourth-order valence-electron chi connectivity index (χ4n) is 2.44. The first-order chi connectivity index (χ1) is 10.2. The number of hydrogen-bond acceptors (Lipinski definition) is 3. The molecule has 0 bridgehead atoms. The first-order valence-corrected chi connectivity index (χ1v) is 7.51. The van der Waals surface area contributed by atoms with Crippen LogP contribution in [-0.2, 0) is 0 Å². The topological polar surface area (TPSA) is 25.8 Å². The van der Waals surface area contributed by atoms with Gasteiger partial charge in [0.05, 0.1) is 10.2 Å². The maximum atomic E-state index is 13.9. The summed E-state index contributed by atoms with van der Waals surface area (Å²) in [4.78, 5) is 9.23. The standard InChI is InChI=1S/C16H8ClFN2S/c17-16-15-13(19-8-20-16)7-14(21-15)11-5-6-12(18)10-4-2-1-3-9(10)11/h1-8H. The van der Waals surface area contributed by atoms with E-state index < -0.39 is 0 Å². The molecule has 0 aliphatic rings. The summed E-state index contributed by atoms with van der Waals surface area (Å²) < 4.78 is 14.8. The molecule has 21 heavy (non-hydrogen) atoms. The van der Waals surface area contributed by atoms with E-state index in [1.165, 1.54) is 23.7 Å². The number of hydrogen-bond donors (Lipinski definition) is 0. The van der Waals surface area contributed by atoms with Gasteiger partial charge in [0.1, 0.15) is 17.3 Å². The van der Waals surface area contributed by atoms with Gasteiger partial charge in [-0.1, -0.05) is 41.9 Å². The van der Waals surface area contributed by atoms with Crippen LogP contribution in [0.4, 0.5) is 4.39 Å². The van der Waals surface area contributed by atoms with Crippen LogP contribution < -0.4 is 0 Å². The third-order valence-electron chi connectivity index (χ3n) is 3.40. The monoisotopic (exact) mass is 314 g/mol. The number of benzene rings is 2. The lowest BCUT2D eigenvalue weighted by Crippen LogP contribution is -1.82. The Hall–Kier alpha value is -2.04. The van der Waals surface area contributed by atoms with Crippen molar-refractivity contribution in [1.82, 2.24) is 9.97 Å². The van der Waals surface area contributed by atoms with Gasteiger partial charge in [0.2, 0.25) is 0 Å². The Morgan fingerprint density at radius 1 is 1.00 bits per heavy atom. The summed E-state index contributed by atoms with van der Waals surface area (Å²) in [6.07, 6.45) is 1.45. The predicted octanol–water partition coefficient (Wildman–Crippen LogP) is 5.30. The summed E-state index contributed by atoms with van der Waals surface area (Å²) in [5.74, 6) is -0.215. The molecule has 0 fully saturated rings. The summed E-state index contributed by atoms with van der Waals surface area (Å²) in [7, 11) is 0. The molecule has 4 rings (SSSR count). The molecule has 5 heteroatoms. The van der Waals surface area contributed by atoms with Crippen molar-refractivity contribution in [3.63, 3.8) is 0 Å². The van der Waals surface area contributed by atoms with Gasteiger partial charge in [0.15, 0.2) is 0 Å². The molecule has 2 aromatic carbocycles. The normalized spacial score (nSPS) is 11.3. The van der Waals surface area contributed by atoms with Gasteiger partial charge < -0.3 is 0 Å². The van der Waals surface area contributed by atoms with E-state index in [0.717, 1.165) is 26.0 Å². The number of aromatic nitrogens is 2. The Labute approximate surface area is 128 Å². The molecule has 0 N–H and O–H groups in total. The number of nitrogens with zero attached hydrogens (tertiary/aromatic N) is 2. The summed E-state index contributed by atoms with van der Waals surface area (Å²) >= 11 is 7.62. The number of halogens is 2. The fraction of sp³-hybridized carbons (Fsp3) is 0. The molecule has 2 heterocycles. The van der Waals surface area contributed by atoms with E-state index in [-0.39, 0.29) is 5.82 Å². The highest BCUT2D eigenvalue weighted by molar-refractivity contribution is 7.22. The molecule has 0 radical (unpaired) electrons. The van der Waals surface area contributed by atoms with Crippen LogP contribution in [0.15, 0.2) is 48.8 Å². The van der Waals surface area contributed by atoms with Crippen molar-refractivity contribution in [3.8, 4) is 10.4 Å². The van der Waals surface area contributed by atoms with E-state index in [4.69, 9.17) is 11.6 Å². The Bertz CT molecular complexity index is 981. The molecule has 0 aliphatic heterocycles. The first-order valence-electron chi connectivity index (χ1n) is 6.32. The number of rotatable bonds is 1. The zero-order valence-corrected chi connectivity index (χ0v) is 12.2. The minimum atomic E-state index is -0.215. The Kier molecular flexibility index (Phi) is 2.87. The fourth-order valence-corrected chi connectivity index (χ4v) is 3.72. The SMILES string of the molecule is Fc1ccc(-c2cc3ncnc(Cl)c3s2)c2ccccc12. The molecule has 2 nitrogen and oxygen atoms in total. The Morgan fingerprint density at radius 3 is 2.62 bits per heavy atom. The lowest BCUT2D eigenvalue weighted by Gasteiger charge is -2.05. The minimum absolute atomic E-state index is 0.215. The van der Waals surface area contributed by atoms with Crippen LogP contribution in [0, 0.1) is 5.82 Å². The van der Waals surface area contributed by atoms with Gasteiger partial charge in [-0.2, -0.15) is 0 Å². The summed E-state index contributed by atoms with van der Waals surface area (Å²) in [5, 5.41) is 1.94. The third-order valence-corrected chi connectivity index (χ3v) is 4.97. The highest BCUT2D eigenvalue weighted by atomic mass is 35.5. The van der Waals surface area contributed by atoms with Crippen molar-refractivity contribution in [2.75, 3.05) is 0 Å². The highest BCUT2D eigenvalue weighted by Gasteiger charge is 2.12. The van der Waals surface area contributed by atoms with E-state index in [9.17, 15) is 4.39 Å². The van der Waals surface area contributed by atoms with Crippen LogP contribution in [0.5, 0.6) is 0 Å². The Balaban J connectivity index is 2.05. The highest BCUT2D eigenvalue weighted by Crippen LogP contribution is 2.38. The molecule has 0 aliphatic carbocycles. The quantitative estimate of drug-likeness (QED) is 0.445. The summed E-state index contributed by atoms with van der Waals surface area (Å²) in [6.45, 7) is 0. The molecular weight excluding hydrogens is 307 g/mol. The van der Waals surface area contributed by atoms with Crippen molar-refractivity contribution >= 4 is 43.9 Å². The molecule has 0 unspecified atom stereocenters. The molecular formula is C16H8ClFN2S. The van der Waals surface area contributed by atoms with Crippen LogP contribution in [0.3, 0.4) is 0 Å². The van der Waals surface area contributed by atoms with Crippen LogP contribution >= 0.6 is 22.9 Å². The van der Waals surface area contributed by atoms with Crippen molar-refractivity contribution in [2.24, 2.45) is 0 Å². The average molecular weight is 315 g/mol. The molecule has 0 amide bonds. The van der Waals surface area contributed by atoms with Gasteiger partial charge in [-0.25, -0.2) is 14.4 Å². The van der Waals surface area contributed by atoms with Gasteiger partial charge in [-0.05, 0) is 23.1 Å². The van der Waals surface area contributed by atoms with Crippen LogP contribution in [0.2, 0.25) is 5.15 Å². The third kappa shape index (κ3) is 1.99. The summed E-state index contributed by atoms with van der Waals surface area (Å²) in [6, 6.07) is 12.7. The minimum Gasteiger partial charge on any atom is -0.235 e. The maximum Gasteiger partial charge on any atom is 0.150 e. The second-order valence-electron chi connectivity index (χ2n) is 4.63. The Morgan fingerprint density at radius 2 is 1.81 bits per heavy atom. The second kappa shape index (κ2) is 4.76. The number of fused-ring (bicyclic) bond motifs is 2. The van der Waals surface area contributed by atoms with Crippen molar-refractivity contribution in [2.45, 2.75) is 0 Å². The van der Waals surface area contributed by atoms with E-state index in [1.54, 1.807) is 12.1 Å². The molecule has 0 spiro atoms. The molecule has 102 valence electrons. The lowest BCUT2D eigenvalue weighted by molar-refractivity contribution is 0.640. The summed E-state index contributed by atoms with van der Waals surface area (Å²) in [5.41, 5.74) is 1.79. The second-order valence-corrected chi connectivity index (χ2v) is 6.04. The van der Waals surface area contributed by atoms with Crippen LogP contribution in [-0.4, -0.2) is 9.97 Å². The van der Waals surface area contributed by atoms with Gasteiger partial charge in [0.25, 0.3) is 0 Å². The molecule has 0 saturated carbocycles. The van der Waals surface area contributed by atoms with E-state index in [0.29, 0.717) is 10.5 Å². The largest absolute Gasteiger partial charge is 0.235 e. The van der Waals surface area contributed by atoms with Gasteiger partial charge in [-0.15, -0.1) is 11.3 Å². The van der Waals surface area contributed by atoms with E-state index in [1.807, 2.05) is 24.3 Å². The molecule has 2 aromatic heterocycles. The van der Waals surface area contributed by atoms with Gasteiger partial charge >= 0.3 is 0 Å². The predicted molar refractivity (Wildman–Crippen MR) is 85.3 cm³/mol. The smallest absolute Gasteiger partial charge is 0.150 e. The average Bonchev–Trinajstić information content (AvgIpc) is 2.93. The van der Waals surface area contributed by atoms with Crippen molar-refractivity contribution < 1.29 is 4.39 Å². The molecule has 4 aromatic rings. The molecule has 0 saturated heterocycles. The van der Waals surface area contributed by atoms with E-state index in [2.05, 4.69) is 9.97 Å². The number of thiophene rings is 1. The molecule has 0 atom stereocenters. The zero-order valence-electron chi connectivity index (χ0n) is 10.7. The van der Waals surface area contributed by atoms with Crippen molar-refractivity contribution in [1.29, 1.82) is 0 Å². The van der Waals surface area contributed by atoms with Crippen molar-refractivity contribution in [3.05, 3.63) is 59.8 Å². The van der Waals surface area contributed by atoms with Crippen LogP contribution in [0.1, 0.15) is 0 Å².